The van der Waals surface area contributed by atoms with Crippen molar-refractivity contribution in [1.29, 1.82) is 0 Å². The Kier molecular flexibility index (Phi) is 3.80. The van der Waals surface area contributed by atoms with Crippen molar-refractivity contribution in [2.24, 2.45) is 5.41 Å². The maximum atomic E-state index is 6.02. The summed E-state index contributed by atoms with van der Waals surface area (Å²) in [5, 5.41) is 4.20. The van der Waals surface area contributed by atoms with Gasteiger partial charge >= 0.3 is 0 Å². The van der Waals surface area contributed by atoms with Crippen LogP contribution in [0.2, 0.25) is 5.02 Å². The fraction of sp³-hybridized carbons (Fsp3) is 0.538. The second-order valence-corrected chi connectivity index (χ2v) is 5.50. The minimum Gasteiger partial charge on any atom is -0.313 e. The standard InChI is InChI=1S/C13H20ClN/c1-9-8-10(6-7-11(9)14)12(15-5)13(2,3)4/h6-8,12,15H,1-5H3. The Balaban J connectivity index is 3.08. The van der Waals surface area contributed by atoms with Gasteiger partial charge < -0.3 is 5.32 Å². The normalized spacial score (nSPS) is 14.0. The van der Waals surface area contributed by atoms with Crippen LogP contribution in [0.15, 0.2) is 18.2 Å². The largest absolute Gasteiger partial charge is 0.313 e. The molecule has 0 aliphatic heterocycles. The Morgan fingerprint density at radius 1 is 1.27 bits per heavy atom. The Morgan fingerprint density at radius 3 is 2.27 bits per heavy atom. The predicted octanol–water partition coefficient (Wildman–Crippen LogP) is 3.96. The molecule has 15 heavy (non-hydrogen) atoms. The Hall–Kier alpha value is -0.530. The van der Waals surface area contributed by atoms with Crippen molar-refractivity contribution in [3.05, 3.63) is 34.3 Å². The Morgan fingerprint density at radius 2 is 1.87 bits per heavy atom. The fourth-order valence-corrected chi connectivity index (χ4v) is 2.06. The number of aryl methyl sites for hydroxylation is 1. The van der Waals surface area contributed by atoms with Crippen LogP contribution in [0.5, 0.6) is 0 Å². The van der Waals surface area contributed by atoms with Crippen molar-refractivity contribution in [3.63, 3.8) is 0 Å². The second kappa shape index (κ2) is 4.54. The number of hydrogen-bond acceptors (Lipinski definition) is 1. The zero-order chi connectivity index (χ0) is 11.6. The maximum Gasteiger partial charge on any atom is 0.0435 e. The number of halogens is 1. The van der Waals surface area contributed by atoms with Gasteiger partial charge in [-0.15, -0.1) is 0 Å². The van der Waals surface area contributed by atoms with Crippen LogP contribution >= 0.6 is 11.6 Å². The molecule has 0 aromatic heterocycles. The summed E-state index contributed by atoms with van der Waals surface area (Å²) in [7, 11) is 2.00. The molecule has 0 bridgehead atoms. The summed E-state index contributed by atoms with van der Waals surface area (Å²) in [6.45, 7) is 8.75. The van der Waals surface area contributed by atoms with Gasteiger partial charge in [-0.25, -0.2) is 0 Å². The van der Waals surface area contributed by atoms with Crippen LogP contribution in [0.3, 0.4) is 0 Å². The van der Waals surface area contributed by atoms with Crippen LogP contribution in [-0.2, 0) is 0 Å². The molecule has 2 heteroatoms. The molecule has 0 aliphatic rings. The molecule has 0 saturated carbocycles. The Bertz CT molecular complexity index is 339. The first-order valence-corrected chi connectivity index (χ1v) is 5.67. The molecule has 0 aliphatic carbocycles. The molecule has 1 N–H and O–H groups in total. The maximum absolute atomic E-state index is 6.02. The van der Waals surface area contributed by atoms with Crippen LogP contribution in [0, 0.1) is 12.3 Å². The van der Waals surface area contributed by atoms with Gasteiger partial charge in [0.15, 0.2) is 0 Å². The average molecular weight is 226 g/mol. The molecule has 1 aromatic carbocycles. The van der Waals surface area contributed by atoms with E-state index in [9.17, 15) is 0 Å². The van der Waals surface area contributed by atoms with Crippen LogP contribution in [-0.4, -0.2) is 7.05 Å². The first-order valence-electron chi connectivity index (χ1n) is 5.29. The molecule has 0 radical (unpaired) electrons. The minimum atomic E-state index is 0.203. The number of benzene rings is 1. The quantitative estimate of drug-likeness (QED) is 0.804. The van der Waals surface area contributed by atoms with E-state index >= 15 is 0 Å². The molecule has 1 aromatic rings. The van der Waals surface area contributed by atoms with Gasteiger partial charge in [-0.2, -0.15) is 0 Å². The van der Waals surface area contributed by atoms with E-state index in [2.05, 4.69) is 38.2 Å². The summed E-state index contributed by atoms with van der Waals surface area (Å²) in [5.74, 6) is 0. The molecular weight excluding hydrogens is 206 g/mol. The zero-order valence-electron chi connectivity index (χ0n) is 10.2. The van der Waals surface area contributed by atoms with Crippen molar-refractivity contribution in [2.75, 3.05) is 7.05 Å². The first-order chi connectivity index (χ1) is 6.86. The third-order valence-corrected chi connectivity index (χ3v) is 3.09. The third kappa shape index (κ3) is 2.96. The van der Waals surface area contributed by atoms with E-state index in [1.165, 1.54) is 5.56 Å². The highest BCUT2D eigenvalue weighted by Gasteiger charge is 2.24. The van der Waals surface area contributed by atoms with E-state index < -0.39 is 0 Å². The number of rotatable bonds is 2. The predicted molar refractivity (Wildman–Crippen MR) is 67.4 cm³/mol. The average Bonchev–Trinajstić information content (AvgIpc) is 2.10. The SMILES string of the molecule is CNC(c1ccc(Cl)c(C)c1)C(C)(C)C. The topological polar surface area (TPSA) is 12.0 Å². The fourth-order valence-electron chi connectivity index (χ4n) is 1.95. The molecule has 1 atom stereocenters. The monoisotopic (exact) mass is 225 g/mol. The van der Waals surface area contributed by atoms with Crippen molar-refractivity contribution in [1.82, 2.24) is 5.32 Å². The third-order valence-electron chi connectivity index (χ3n) is 2.67. The Labute approximate surface area is 97.8 Å². The highest BCUT2D eigenvalue weighted by molar-refractivity contribution is 6.31. The van der Waals surface area contributed by atoms with Gasteiger partial charge in [-0.1, -0.05) is 44.5 Å². The van der Waals surface area contributed by atoms with Gasteiger partial charge in [0.2, 0.25) is 0 Å². The van der Waals surface area contributed by atoms with Crippen LogP contribution in [0.25, 0.3) is 0 Å². The van der Waals surface area contributed by atoms with Crippen LogP contribution < -0.4 is 5.32 Å². The highest BCUT2D eigenvalue weighted by atomic mass is 35.5. The summed E-state index contributed by atoms with van der Waals surface area (Å²) in [6, 6.07) is 6.59. The molecule has 0 amide bonds. The van der Waals surface area contributed by atoms with Gasteiger partial charge in [-0.3, -0.25) is 0 Å². The summed E-state index contributed by atoms with van der Waals surface area (Å²) in [5.41, 5.74) is 2.64. The van der Waals surface area contributed by atoms with Crippen LogP contribution in [0.4, 0.5) is 0 Å². The van der Waals surface area contributed by atoms with Gasteiger partial charge in [0.1, 0.15) is 0 Å². The molecule has 1 unspecified atom stereocenters. The van der Waals surface area contributed by atoms with E-state index in [1.807, 2.05) is 20.0 Å². The summed E-state index contributed by atoms with van der Waals surface area (Å²) >= 11 is 6.02. The van der Waals surface area contributed by atoms with Gasteiger partial charge in [-0.05, 0) is 36.6 Å². The van der Waals surface area contributed by atoms with E-state index in [-0.39, 0.29) is 5.41 Å². The van der Waals surface area contributed by atoms with Gasteiger partial charge in [0, 0.05) is 11.1 Å². The van der Waals surface area contributed by atoms with E-state index in [1.54, 1.807) is 0 Å². The molecular formula is C13H20ClN. The van der Waals surface area contributed by atoms with Crippen molar-refractivity contribution in [2.45, 2.75) is 33.7 Å². The molecule has 0 saturated heterocycles. The zero-order valence-corrected chi connectivity index (χ0v) is 10.9. The van der Waals surface area contributed by atoms with Crippen molar-refractivity contribution < 1.29 is 0 Å². The number of hydrogen-bond donors (Lipinski definition) is 1. The van der Waals surface area contributed by atoms with Crippen molar-refractivity contribution in [3.8, 4) is 0 Å². The lowest BCUT2D eigenvalue weighted by Crippen LogP contribution is -2.29. The summed E-state index contributed by atoms with van der Waals surface area (Å²) < 4.78 is 0. The molecule has 1 nitrogen and oxygen atoms in total. The van der Waals surface area contributed by atoms with E-state index in [4.69, 9.17) is 11.6 Å². The van der Waals surface area contributed by atoms with Crippen LogP contribution in [0.1, 0.15) is 37.9 Å². The van der Waals surface area contributed by atoms with E-state index in [0.717, 1.165) is 10.6 Å². The second-order valence-electron chi connectivity index (χ2n) is 5.10. The first kappa shape index (κ1) is 12.5. The van der Waals surface area contributed by atoms with E-state index in [0.29, 0.717) is 6.04 Å². The molecule has 0 heterocycles. The molecule has 0 fully saturated rings. The smallest absolute Gasteiger partial charge is 0.0435 e. The lowest BCUT2D eigenvalue weighted by molar-refractivity contribution is 0.287. The van der Waals surface area contributed by atoms with Gasteiger partial charge in [0.25, 0.3) is 0 Å². The van der Waals surface area contributed by atoms with Gasteiger partial charge in [0.05, 0.1) is 0 Å². The molecule has 1 rings (SSSR count). The van der Waals surface area contributed by atoms with Crippen molar-refractivity contribution >= 4 is 11.6 Å². The molecule has 84 valence electrons. The highest BCUT2D eigenvalue weighted by Crippen LogP contribution is 2.33. The number of nitrogens with one attached hydrogen (secondary N) is 1. The molecule has 0 spiro atoms. The minimum absolute atomic E-state index is 0.203. The lowest BCUT2D eigenvalue weighted by atomic mass is 9.82. The summed E-state index contributed by atoms with van der Waals surface area (Å²) in [6.07, 6.45) is 0. The summed E-state index contributed by atoms with van der Waals surface area (Å²) in [4.78, 5) is 0. The lowest BCUT2D eigenvalue weighted by Gasteiger charge is -2.31.